The standard InChI is InChI=1S/C19H22N4O3S/c1-12-16-17(13(2)27-12)23(15-7-5-4-6-14(15)20-18(16)24)19(25)26-22-10-8-21(3)9-11-22/h4-7H,8-11H2,1-3H3,(H,20,24). The first kappa shape index (κ1) is 18.0. The molecule has 0 atom stereocenters. The Hall–Kier alpha value is -2.42. The Morgan fingerprint density at radius 2 is 1.81 bits per heavy atom. The zero-order chi connectivity index (χ0) is 19.1. The van der Waals surface area contributed by atoms with Gasteiger partial charge in [0.2, 0.25) is 0 Å². The van der Waals surface area contributed by atoms with Crippen LogP contribution in [0.15, 0.2) is 24.3 Å². The number of carbonyl (C=O) groups excluding carboxylic acids is 2. The number of hydroxylamine groups is 2. The molecule has 1 saturated heterocycles. The maximum atomic E-state index is 13.2. The summed E-state index contributed by atoms with van der Waals surface area (Å²) >= 11 is 1.51. The highest BCUT2D eigenvalue weighted by Gasteiger charge is 2.35. The minimum Gasteiger partial charge on any atom is -0.350 e. The summed E-state index contributed by atoms with van der Waals surface area (Å²) in [6, 6.07) is 7.30. The summed E-state index contributed by atoms with van der Waals surface area (Å²) in [5.74, 6) is -0.200. The molecule has 0 unspecified atom stereocenters. The molecule has 1 fully saturated rings. The van der Waals surface area contributed by atoms with Crippen LogP contribution in [0.2, 0.25) is 0 Å². The molecular weight excluding hydrogens is 364 g/mol. The molecule has 3 heterocycles. The van der Waals surface area contributed by atoms with Gasteiger partial charge in [0.1, 0.15) is 0 Å². The Balaban J connectivity index is 1.75. The van der Waals surface area contributed by atoms with E-state index < -0.39 is 6.09 Å². The molecule has 8 heteroatoms. The first-order valence-corrected chi connectivity index (χ1v) is 9.73. The number of para-hydroxylation sites is 2. The van der Waals surface area contributed by atoms with Crippen molar-refractivity contribution in [2.45, 2.75) is 13.8 Å². The number of carbonyl (C=O) groups is 2. The van der Waals surface area contributed by atoms with E-state index in [1.807, 2.05) is 39.1 Å². The third kappa shape index (κ3) is 3.20. The van der Waals surface area contributed by atoms with Crippen molar-refractivity contribution in [2.24, 2.45) is 0 Å². The average Bonchev–Trinajstić information content (AvgIpc) is 2.84. The fourth-order valence-corrected chi connectivity index (χ4v) is 4.55. The van der Waals surface area contributed by atoms with Crippen LogP contribution in [0.5, 0.6) is 0 Å². The van der Waals surface area contributed by atoms with E-state index in [2.05, 4.69) is 10.2 Å². The van der Waals surface area contributed by atoms with Crippen LogP contribution in [0.3, 0.4) is 0 Å². The van der Waals surface area contributed by atoms with Gasteiger partial charge in [-0.3, -0.25) is 4.79 Å². The third-order valence-corrected chi connectivity index (χ3v) is 5.93. The van der Waals surface area contributed by atoms with Crippen LogP contribution < -0.4 is 10.2 Å². The van der Waals surface area contributed by atoms with E-state index in [-0.39, 0.29) is 5.91 Å². The Morgan fingerprint density at radius 1 is 1.11 bits per heavy atom. The van der Waals surface area contributed by atoms with Crippen molar-refractivity contribution in [1.29, 1.82) is 0 Å². The Morgan fingerprint density at radius 3 is 2.56 bits per heavy atom. The number of piperazine rings is 1. The normalized spacial score (nSPS) is 17.7. The fourth-order valence-electron chi connectivity index (χ4n) is 3.51. The number of amides is 2. The van der Waals surface area contributed by atoms with E-state index in [1.165, 1.54) is 16.2 Å². The highest BCUT2D eigenvalue weighted by atomic mass is 32.1. The maximum absolute atomic E-state index is 13.2. The van der Waals surface area contributed by atoms with Gasteiger partial charge >= 0.3 is 6.09 Å². The third-order valence-electron chi connectivity index (χ3n) is 4.92. The summed E-state index contributed by atoms with van der Waals surface area (Å²) in [6.45, 7) is 6.81. The molecule has 1 aromatic heterocycles. The topological polar surface area (TPSA) is 65.1 Å². The van der Waals surface area contributed by atoms with Crippen LogP contribution in [0.25, 0.3) is 0 Å². The smallest absolute Gasteiger partial charge is 0.350 e. The Bertz CT molecular complexity index is 902. The van der Waals surface area contributed by atoms with Gasteiger partial charge in [-0.05, 0) is 33.0 Å². The summed E-state index contributed by atoms with van der Waals surface area (Å²) < 4.78 is 0. The molecule has 1 N–H and O–H groups in total. The van der Waals surface area contributed by atoms with E-state index in [0.717, 1.165) is 22.8 Å². The number of nitrogens with one attached hydrogen (secondary N) is 1. The monoisotopic (exact) mass is 386 g/mol. The summed E-state index contributed by atoms with van der Waals surface area (Å²) in [7, 11) is 2.05. The Labute approximate surface area is 162 Å². The molecule has 0 spiro atoms. The predicted octanol–water partition coefficient (Wildman–Crippen LogP) is 3.37. The lowest BCUT2D eigenvalue weighted by molar-refractivity contribution is -0.117. The van der Waals surface area contributed by atoms with Crippen LogP contribution in [0.1, 0.15) is 20.1 Å². The number of fused-ring (bicyclic) bond motifs is 2. The predicted molar refractivity (Wildman–Crippen MR) is 106 cm³/mol. The summed E-state index contributed by atoms with van der Waals surface area (Å²) in [6.07, 6.45) is -0.495. The molecule has 0 radical (unpaired) electrons. The minimum atomic E-state index is -0.495. The molecule has 2 aliphatic rings. The molecule has 0 aliphatic carbocycles. The van der Waals surface area contributed by atoms with Gasteiger partial charge in [-0.25, -0.2) is 9.69 Å². The second-order valence-corrected chi connectivity index (χ2v) is 8.26. The summed E-state index contributed by atoms with van der Waals surface area (Å²) in [5, 5.41) is 4.62. The van der Waals surface area contributed by atoms with Gasteiger partial charge in [0.25, 0.3) is 5.91 Å². The number of hydrogen-bond donors (Lipinski definition) is 1. The molecular formula is C19H22N4O3S. The molecule has 0 bridgehead atoms. The number of nitrogens with zero attached hydrogens (tertiary/aromatic N) is 3. The molecule has 27 heavy (non-hydrogen) atoms. The quantitative estimate of drug-likeness (QED) is 0.814. The van der Waals surface area contributed by atoms with Crippen LogP contribution >= 0.6 is 11.3 Å². The molecule has 1 aromatic carbocycles. The fraction of sp³-hybridized carbons (Fsp3) is 0.368. The van der Waals surface area contributed by atoms with Crippen molar-refractivity contribution in [3.05, 3.63) is 39.6 Å². The second kappa shape index (κ2) is 6.95. The van der Waals surface area contributed by atoms with Crippen molar-refractivity contribution in [1.82, 2.24) is 9.96 Å². The molecule has 2 amide bonds. The van der Waals surface area contributed by atoms with Gasteiger partial charge in [-0.15, -0.1) is 16.4 Å². The van der Waals surface area contributed by atoms with Gasteiger partial charge in [-0.2, -0.15) is 0 Å². The largest absolute Gasteiger partial charge is 0.438 e. The van der Waals surface area contributed by atoms with Crippen LogP contribution in [0, 0.1) is 13.8 Å². The molecule has 4 rings (SSSR count). The van der Waals surface area contributed by atoms with Crippen LogP contribution in [-0.4, -0.2) is 55.2 Å². The van der Waals surface area contributed by atoms with Crippen molar-refractivity contribution in [3.8, 4) is 0 Å². The Kier molecular flexibility index (Phi) is 4.63. The highest BCUT2D eigenvalue weighted by Crippen LogP contribution is 2.44. The van der Waals surface area contributed by atoms with Crippen LogP contribution in [-0.2, 0) is 4.84 Å². The SMILES string of the molecule is Cc1sc(C)c2c1C(=O)Nc1ccccc1N2C(=O)ON1CCN(C)CC1. The molecule has 2 aliphatic heterocycles. The number of anilines is 3. The summed E-state index contributed by atoms with van der Waals surface area (Å²) in [5.41, 5.74) is 2.35. The van der Waals surface area contributed by atoms with Crippen LogP contribution in [0.4, 0.5) is 21.9 Å². The average molecular weight is 386 g/mol. The lowest BCUT2D eigenvalue weighted by Crippen LogP contribution is -2.46. The van der Waals surface area contributed by atoms with Crippen molar-refractivity contribution >= 4 is 40.4 Å². The second-order valence-electron chi connectivity index (χ2n) is 6.83. The number of hydrogen-bond acceptors (Lipinski definition) is 6. The molecule has 142 valence electrons. The van der Waals surface area contributed by atoms with Crippen molar-refractivity contribution in [3.63, 3.8) is 0 Å². The van der Waals surface area contributed by atoms with Gasteiger partial charge in [0.15, 0.2) is 0 Å². The van der Waals surface area contributed by atoms with Gasteiger partial charge < -0.3 is 15.1 Å². The molecule has 0 saturated carbocycles. The minimum absolute atomic E-state index is 0.200. The lowest BCUT2D eigenvalue weighted by Gasteiger charge is -2.32. The number of thiophene rings is 1. The number of rotatable bonds is 1. The zero-order valence-electron chi connectivity index (χ0n) is 15.6. The van der Waals surface area contributed by atoms with E-state index in [9.17, 15) is 9.59 Å². The highest BCUT2D eigenvalue weighted by molar-refractivity contribution is 7.13. The lowest BCUT2D eigenvalue weighted by atomic mass is 10.1. The number of benzene rings is 1. The number of aryl methyl sites for hydroxylation is 2. The van der Waals surface area contributed by atoms with Crippen molar-refractivity contribution < 1.29 is 14.4 Å². The first-order chi connectivity index (χ1) is 13.0. The van der Waals surface area contributed by atoms with Gasteiger partial charge in [-0.1, -0.05) is 12.1 Å². The molecule has 7 nitrogen and oxygen atoms in total. The molecule has 2 aromatic rings. The van der Waals surface area contributed by atoms with Gasteiger partial charge in [0.05, 0.1) is 22.6 Å². The first-order valence-electron chi connectivity index (χ1n) is 8.91. The summed E-state index contributed by atoms with van der Waals surface area (Å²) in [4.78, 5) is 37.2. The van der Waals surface area contributed by atoms with E-state index in [4.69, 9.17) is 4.84 Å². The van der Waals surface area contributed by atoms with Crippen molar-refractivity contribution in [2.75, 3.05) is 43.4 Å². The van der Waals surface area contributed by atoms with Gasteiger partial charge in [0, 0.05) is 35.9 Å². The van der Waals surface area contributed by atoms with E-state index >= 15 is 0 Å². The maximum Gasteiger partial charge on any atom is 0.438 e. The zero-order valence-corrected chi connectivity index (χ0v) is 16.4. The number of likely N-dealkylation sites (N-methyl/N-ethyl adjacent to an activating group) is 1. The van der Waals surface area contributed by atoms with E-state index in [1.54, 1.807) is 11.1 Å². The van der Waals surface area contributed by atoms with E-state index in [0.29, 0.717) is 35.7 Å².